The van der Waals surface area contributed by atoms with Crippen LogP contribution in [0.15, 0.2) is 97.1 Å². The average Bonchev–Trinajstić information content (AvgIpc) is 3.03. The largest absolute Gasteiger partial charge is 0.328 e. The molecule has 2 aliphatic rings. The molecule has 0 atom stereocenters. The van der Waals surface area contributed by atoms with Gasteiger partial charge in [-0.2, -0.15) is 0 Å². The van der Waals surface area contributed by atoms with E-state index in [2.05, 4.69) is 125 Å². The van der Waals surface area contributed by atoms with Crippen molar-refractivity contribution in [1.82, 2.24) is 0 Å². The van der Waals surface area contributed by atoms with Crippen LogP contribution in [-0.4, -0.2) is 63.3 Å². The van der Waals surface area contributed by atoms with Crippen LogP contribution >= 0.6 is 0 Å². The first-order valence-electron chi connectivity index (χ1n) is 17.2. The lowest BCUT2D eigenvalue weighted by Gasteiger charge is -2.34. The predicted octanol–water partition coefficient (Wildman–Crippen LogP) is 8.95. The number of nitrogens with zero attached hydrogens (tertiary/aromatic N) is 2. The molecule has 6 rings (SSSR count). The molecule has 0 heterocycles. The van der Waals surface area contributed by atoms with E-state index in [9.17, 15) is 0 Å². The Morgan fingerprint density at radius 2 is 0.705 bits per heavy atom. The second kappa shape index (κ2) is 13.4. The SMILES string of the molecule is C[N+](C)(CCCCCC[N+](C)(C)CCC1c2ccccc2Cc2ccccc21)CCC1c2ccccc2Cc2ccccc21. The van der Waals surface area contributed by atoms with E-state index in [4.69, 9.17) is 0 Å². The first-order chi connectivity index (χ1) is 21.3. The highest BCUT2D eigenvalue weighted by Gasteiger charge is 2.29. The van der Waals surface area contributed by atoms with Crippen LogP contribution in [-0.2, 0) is 12.8 Å². The van der Waals surface area contributed by atoms with Gasteiger partial charge in [0, 0.05) is 24.7 Å². The predicted molar refractivity (Wildman–Crippen MR) is 186 cm³/mol. The van der Waals surface area contributed by atoms with Gasteiger partial charge in [0.2, 0.25) is 0 Å². The molecule has 44 heavy (non-hydrogen) atoms. The summed E-state index contributed by atoms with van der Waals surface area (Å²) in [6.07, 6.45) is 9.96. The van der Waals surface area contributed by atoms with Gasteiger partial charge in [-0.25, -0.2) is 0 Å². The zero-order valence-corrected chi connectivity index (χ0v) is 27.8. The number of quaternary nitrogens is 2. The number of fused-ring (bicyclic) bond motifs is 4. The lowest BCUT2D eigenvalue weighted by atomic mass is 9.76. The van der Waals surface area contributed by atoms with Crippen LogP contribution in [0.1, 0.15) is 94.9 Å². The number of rotatable bonds is 13. The molecule has 230 valence electrons. The van der Waals surface area contributed by atoms with Crippen molar-refractivity contribution < 1.29 is 8.97 Å². The molecule has 2 nitrogen and oxygen atoms in total. The third kappa shape index (κ3) is 7.19. The van der Waals surface area contributed by atoms with Crippen molar-refractivity contribution in [2.75, 3.05) is 54.4 Å². The lowest BCUT2D eigenvalue weighted by Crippen LogP contribution is -2.42. The topological polar surface area (TPSA) is 0 Å². The van der Waals surface area contributed by atoms with Crippen molar-refractivity contribution >= 4 is 0 Å². The Bertz CT molecular complexity index is 1340. The maximum absolute atomic E-state index is 2.45. The molecular formula is C42H54N2+2. The smallest absolute Gasteiger partial charge is 0.0791 e. The Labute approximate surface area is 267 Å². The van der Waals surface area contributed by atoms with E-state index < -0.39 is 0 Å². The molecule has 0 saturated heterocycles. The van der Waals surface area contributed by atoms with Crippen molar-refractivity contribution in [3.8, 4) is 0 Å². The molecule has 0 saturated carbocycles. The highest BCUT2D eigenvalue weighted by molar-refractivity contribution is 5.50. The molecule has 0 unspecified atom stereocenters. The molecular weight excluding hydrogens is 532 g/mol. The van der Waals surface area contributed by atoms with Gasteiger partial charge in [0.25, 0.3) is 0 Å². The van der Waals surface area contributed by atoms with Gasteiger partial charge in [0.1, 0.15) is 0 Å². The van der Waals surface area contributed by atoms with Gasteiger partial charge in [0.15, 0.2) is 0 Å². The molecule has 0 aromatic heterocycles. The van der Waals surface area contributed by atoms with Gasteiger partial charge in [-0.15, -0.1) is 0 Å². The normalized spacial score (nSPS) is 14.9. The summed E-state index contributed by atoms with van der Waals surface area (Å²) in [5.41, 5.74) is 12.3. The van der Waals surface area contributed by atoms with Crippen molar-refractivity contribution in [1.29, 1.82) is 0 Å². The van der Waals surface area contributed by atoms with Crippen LogP contribution in [0.2, 0.25) is 0 Å². The summed E-state index contributed by atoms with van der Waals surface area (Å²) in [4.78, 5) is 0. The van der Waals surface area contributed by atoms with Crippen LogP contribution in [0.4, 0.5) is 0 Å². The van der Waals surface area contributed by atoms with Crippen molar-refractivity contribution in [3.05, 3.63) is 142 Å². The van der Waals surface area contributed by atoms with E-state index in [1.165, 1.54) is 87.0 Å². The van der Waals surface area contributed by atoms with E-state index >= 15 is 0 Å². The minimum absolute atomic E-state index is 0.532. The van der Waals surface area contributed by atoms with Crippen LogP contribution in [0.3, 0.4) is 0 Å². The van der Waals surface area contributed by atoms with Gasteiger partial charge in [-0.05, 0) is 83.0 Å². The Morgan fingerprint density at radius 1 is 0.409 bits per heavy atom. The Kier molecular flexibility index (Phi) is 9.40. The van der Waals surface area contributed by atoms with E-state index in [1.54, 1.807) is 22.3 Å². The summed E-state index contributed by atoms with van der Waals surface area (Å²) in [5.74, 6) is 1.06. The fourth-order valence-corrected chi connectivity index (χ4v) is 8.12. The van der Waals surface area contributed by atoms with E-state index in [0.717, 1.165) is 21.8 Å². The van der Waals surface area contributed by atoms with Gasteiger partial charge in [0.05, 0.1) is 54.4 Å². The molecule has 0 radical (unpaired) electrons. The number of hydrogen-bond donors (Lipinski definition) is 0. The molecule has 0 bridgehead atoms. The van der Waals surface area contributed by atoms with Crippen LogP contribution in [0, 0.1) is 0 Å². The summed E-state index contributed by atoms with van der Waals surface area (Å²) < 4.78 is 2.24. The second-order valence-electron chi connectivity index (χ2n) is 15.0. The highest BCUT2D eigenvalue weighted by atomic mass is 15.3. The number of benzene rings is 4. The molecule has 4 aromatic rings. The van der Waals surface area contributed by atoms with Crippen molar-refractivity contribution in [2.45, 2.75) is 63.2 Å². The Hall–Kier alpha value is -3.20. The summed E-state index contributed by atoms with van der Waals surface area (Å²) in [7, 11) is 9.79. The van der Waals surface area contributed by atoms with E-state index in [-0.39, 0.29) is 0 Å². The molecule has 4 aromatic carbocycles. The minimum atomic E-state index is 0.532. The molecule has 0 spiro atoms. The first-order valence-corrected chi connectivity index (χ1v) is 17.2. The van der Waals surface area contributed by atoms with E-state index in [0.29, 0.717) is 11.8 Å². The summed E-state index contributed by atoms with van der Waals surface area (Å²) in [5, 5.41) is 0. The average molecular weight is 587 g/mol. The zero-order chi connectivity index (χ0) is 30.6. The zero-order valence-electron chi connectivity index (χ0n) is 27.8. The molecule has 0 aliphatic heterocycles. The lowest BCUT2D eigenvalue weighted by molar-refractivity contribution is -0.891. The fraction of sp³-hybridized carbons (Fsp3) is 0.429. The van der Waals surface area contributed by atoms with Crippen LogP contribution in [0.5, 0.6) is 0 Å². The molecule has 0 amide bonds. The molecule has 2 heteroatoms. The van der Waals surface area contributed by atoms with Crippen molar-refractivity contribution in [2.24, 2.45) is 0 Å². The number of unbranched alkanes of at least 4 members (excludes halogenated alkanes) is 3. The summed E-state index contributed by atoms with van der Waals surface area (Å²) >= 11 is 0. The van der Waals surface area contributed by atoms with Gasteiger partial charge in [-0.1, -0.05) is 97.1 Å². The monoisotopic (exact) mass is 586 g/mol. The van der Waals surface area contributed by atoms with Gasteiger partial charge < -0.3 is 8.97 Å². The summed E-state index contributed by atoms with van der Waals surface area (Å²) in [6.45, 7) is 5.00. The minimum Gasteiger partial charge on any atom is -0.328 e. The fourth-order valence-electron chi connectivity index (χ4n) is 8.12. The maximum Gasteiger partial charge on any atom is 0.0791 e. The highest BCUT2D eigenvalue weighted by Crippen LogP contribution is 2.40. The summed E-state index contributed by atoms with van der Waals surface area (Å²) in [6, 6.07) is 36.6. The van der Waals surface area contributed by atoms with Gasteiger partial charge in [-0.3, -0.25) is 0 Å². The van der Waals surface area contributed by atoms with Crippen LogP contribution in [0.25, 0.3) is 0 Å². The molecule has 0 N–H and O–H groups in total. The Morgan fingerprint density at radius 3 is 1.02 bits per heavy atom. The maximum atomic E-state index is 2.45. The third-order valence-electron chi connectivity index (χ3n) is 10.8. The molecule has 2 aliphatic carbocycles. The standard InChI is InChI=1S/C42H54N2/c1-43(2,29-25-41-37-21-11-7-17-33(37)31-34-18-8-12-22-38(34)41)27-15-5-6-16-28-44(3,4)30-26-42-39-23-13-9-19-35(39)32-36-20-10-14-24-40(36)42/h7-14,17-24,41-42H,5-6,15-16,25-32H2,1-4H3/q+2. The molecule has 0 fully saturated rings. The third-order valence-corrected chi connectivity index (χ3v) is 10.8. The Balaban J connectivity index is 0.944. The van der Waals surface area contributed by atoms with Gasteiger partial charge >= 0.3 is 0 Å². The second-order valence-corrected chi connectivity index (χ2v) is 15.0. The number of hydrogen-bond acceptors (Lipinski definition) is 0. The first kappa shape index (κ1) is 30.8. The quantitative estimate of drug-likeness (QED) is 0.108. The van der Waals surface area contributed by atoms with E-state index in [1.807, 2.05) is 0 Å². The van der Waals surface area contributed by atoms with Crippen LogP contribution < -0.4 is 0 Å². The van der Waals surface area contributed by atoms with Crippen molar-refractivity contribution in [3.63, 3.8) is 0 Å².